The number of anilines is 1. The Bertz CT molecular complexity index is 714. The van der Waals surface area contributed by atoms with Gasteiger partial charge in [0.1, 0.15) is 11.6 Å². The van der Waals surface area contributed by atoms with Crippen LogP contribution in [0.3, 0.4) is 0 Å². The fourth-order valence-electron chi connectivity index (χ4n) is 2.66. The molecule has 0 spiro atoms. The molecule has 0 saturated heterocycles. The Hall–Kier alpha value is -2.17. The third kappa shape index (κ3) is 2.44. The number of hydrogen-bond donors (Lipinski definition) is 1. The number of halogens is 2. The summed E-state index contributed by atoms with van der Waals surface area (Å²) in [5, 5.41) is 15.4. The summed E-state index contributed by atoms with van der Waals surface area (Å²) >= 11 is 0. The summed E-state index contributed by atoms with van der Waals surface area (Å²) in [6.07, 6.45) is 1.68. The molecule has 2 aromatic rings. The molecule has 110 valence electrons. The molecule has 0 aliphatic carbocycles. The lowest BCUT2D eigenvalue weighted by Gasteiger charge is -2.16. The lowest BCUT2D eigenvalue weighted by molar-refractivity contribution is -0.614. The molecule has 0 bridgehead atoms. The Morgan fingerprint density at radius 3 is 2.76 bits per heavy atom. The topological polar surface area (TPSA) is 39.0 Å². The number of nitrogens with one attached hydrogen (secondary N) is 1. The molecular formula is C16H16F2N2O. The number of hydrogen-bond acceptors (Lipinski definition) is 2. The number of aromatic nitrogens is 1. The van der Waals surface area contributed by atoms with Crippen molar-refractivity contribution in [1.29, 1.82) is 0 Å². The molecule has 2 heterocycles. The average molecular weight is 290 g/mol. The highest BCUT2D eigenvalue weighted by molar-refractivity contribution is 5.58. The van der Waals surface area contributed by atoms with Crippen molar-refractivity contribution in [2.45, 2.75) is 25.7 Å². The smallest absolute Gasteiger partial charge is 0.199 e. The van der Waals surface area contributed by atoms with Crippen molar-refractivity contribution in [3.8, 4) is 0 Å². The first-order valence-electron chi connectivity index (χ1n) is 6.81. The van der Waals surface area contributed by atoms with Crippen LogP contribution in [0.5, 0.6) is 0 Å². The van der Waals surface area contributed by atoms with Gasteiger partial charge in [0.15, 0.2) is 11.9 Å². The minimum atomic E-state index is -0.635. The minimum absolute atomic E-state index is 0.0961. The maximum absolute atomic E-state index is 13.7. The molecule has 3 nitrogen and oxygen atoms in total. The fraction of sp³-hybridized carbons (Fsp3) is 0.312. The van der Waals surface area contributed by atoms with Crippen LogP contribution in [-0.2, 0) is 11.8 Å². The molecule has 1 aromatic carbocycles. The van der Waals surface area contributed by atoms with E-state index in [1.807, 2.05) is 0 Å². The lowest BCUT2D eigenvalue weighted by atomic mass is 9.88. The van der Waals surface area contributed by atoms with Crippen LogP contribution in [0.1, 0.15) is 30.7 Å². The third-order valence-corrected chi connectivity index (χ3v) is 3.97. The molecule has 0 fully saturated rings. The van der Waals surface area contributed by atoms with Gasteiger partial charge in [0.2, 0.25) is 0 Å². The number of nitrogens with zero attached hydrogens (tertiary/aromatic N) is 1. The molecule has 1 aromatic heterocycles. The molecule has 0 atom stereocenters. The van der Waals surface area contributed by atoms with E-state index in [1.165, 1.54) is 12.1 Å². The van der Waals surface area contributed by atoms with Crippen molar-refractivity contribution >= 4 is 5.69 Å². The Balaban J connectivity index is 1.97. The quantitative estimate of drug-likeness (QED) is 0.682. The molecule has 5 heteroatoms. The molecule has 1 aliphatic heterocycles. The molecule has 1 aliphatic rings. The molecule has 1 N–H and O–H groups in total. The third-order valence-electron chi connectivity index (χ3n) is 3.97. The molecule has 0 saturated carbocycles. The van der Waals surface area contributed by atoms with Gasteiger partial charge in [-0.05, 0) is 11.6 Å². The van der Waals surface area contributed by atoms with Crippen LogP contribution in [-0.4, -0.2) is 6.54 Å². The van der Waals surface area contributed by atoms with Gasteiger partial charge in [-0.3, -0.25) is 0 Å². The maximum atomic E-state index is 13.7. The molecule has 0 unspecified atom stereocenters. The summed E-state index contributed by atoms with van der Waals surface area (Å²) in [7, 11) is 0. The minimum Gasteiger partial charge on any atom is -0.618 e. The summed E-state index contributed by atoms with van der Waals surface area (Å²) in [6, 6.07) is 5.15. The van der Waals surface area contributed by atoms with Crippen molar-refractivity contribution in [3.63, 3.8) is 0 Å². The van der Waals surface area contributed by atoms with E-state index in [0.29, 0.717) is 11.3 Å². The van der Waals surface area contributed by atoms with Crippen LogP contribution in [0.4, 0.5) is 14.5 Å². The summed E-state index contributed by atoms with van der Waals surface area (Å²) < 4.78 is 27.4. The lowest BCUT2D eigenvalue weighted by Crippen LogP contribution is -2.33. The highest BCUT2D eigenvalue weighted by Crippen LogP contribution is 2.35. The average Bonchev–Trinajstić information content (AvgIpc) is 2.69. The van der Waals surface area contributed by atoms with E-state index in [2.05, 4.69) is 19.2 Å². The maximum Gasteiger partial charge on any atom is 0.199 e. The van der Waals surface area contributed by atoms with Gasteiger partial charge in [-0.2, -0.15) is 4.73 Å². The van der Waals surface area contributed by atoms with Gasteiger partial charge >= 0.3 is 0 Å². The van der Waals surface area contributed by atoms with Crippen LogP contribution >= 0.6 is 0 Å². The Kier molecular flexibility index (Phi) is 3.08. The van der Waals surface area contributed by atoms with Crippen molar-refractivity contribution < 1.29 is 13.5 Å². The summed E-state index contributed by atoms with van der Waals surface area (Å²) in [5.41, 5.74) is 2.51. The van der Waals surface area contributed by atoms with Gasteiger partial charge in [-0.1, -0.05) is 19.9 Å². The second-order valence-electron chi connectivity index (χ2n) is 6.07. The van der Waals surface area contributed by atoms with Crippen molar-refractivity contribution in [2.24, 2.45) is 0 Å². The summed E-state index contributed by atoms with van der Waals surface area (Å²) in [5.74, 6) is -1.26. The van der Waals surface area contributed by atoms with Gasteiger partial charge in [0.05, 0.1) is 12.1 Å². The highest BCUT2D eigenvalue weighted by atomic mass is 19.1. The molecule has 0 radical (unpaired) electrons. The van der Waals surface area contributed by atoms with E-state index >= 15 is 0 Å². The van der Waals surface area contributed by atoms with Crippen LogP contribution in [0.15, 0.2) is 30.5 Å². The Labute approximate surface area is 121 Å². The summed E-state index contributed by atoms with van der Waals surface area (Å²) in [4.78, 5) is 0. The predicted octanol–water partition coefficient (Wildman–Crippen LogP) is 2.89. The monoisotopic (exact) mass is 290 g/mol. The zero-order valence-corrected chi connectivity index (χ0v) is 11.9. The fourth-order valence-corrected chi connectivity index (χ4v) is 2.66. The van der Waals surface area contributed by atoms with E-state index in [9.17, 15) is 14.0 Å². The van der Waals surface area contributed by atoms with Gasteiger partial charge in [0, 0.05) is 29.7 Å². The Morgan fingerprint density at radius 2 is 2.05 bits per heavy atom. The van der Waals surface area contributed by atoms with Crippen LogP contribution in [0.2, 0.25) is 0 Å². The van der Waals surface area contributed by atoms with Crippen molar-refractivity contribution in [1.82, 2.24) is 0 Å². The van der Waals surface area contributed by atoms with Gasteiger partial charge in [-0.25, -0.2) is 8.78 Å². The van der Waals surface area contributed by atoms with E-state index in [-0.39, 0.29) is 11.8 Å². The predicted molar refractivity (Wildman–Crippen MR) is 76.1 cm³/mol. The summed E-state index contributed by atoms with van der Waals surface area (Å²) in [6.45, 7) is 4.88. The molecule has 0 amide bonds. The van der Waals surface area contributed by atoms with E-state index in [0.717, 1.165) is 28.6 Å². The first-order valence-corrected chi connectivity index (χ1v) is 6.81. The molecular weight excluding hydrogens is 274 g/mol. The van der Waals surface area contributed by atoms with E-state index < -0.39 is 11.6 Å². The first kappa shape index (κ1) is 13.8. The zero-order chi connectivity index (χ0) is 15.2. The zero-order valence-electron chi connectivity index (χ0n) is 11.9. The number of benzene rings is 1. The van der Waals surface area contributed by atoms with Gasteiger partial charge < -0.3 is 10.5 Å². The first-order chi connectivity index (χ1) is 9.87. The molecule has 21 heavy (non-hydrogen) atoms. The highest BCUT2D eigenvalue weighted by Gasteiger charge is 2.33. The van der Waals surface area contributed by atoms with E-state index in [4.69, 9.17) is 0 Å². The number of pyridine rings is 1. The molecule has 3 rings (SSSR count). The van der Waals surface area contributed by atoms with Crippen LogP contribution in [0.25, 0.3) is 0 Å². The standard InChI is InChI=1S/C16H16F2N2O/c1-16(2)9-19-15-7-12(20(21)8-13(15)16)5-10-3-4-11(17)6-14(10)18/h3-4,6-8,19H,5,9H2,1-2H3. The number of rotatable bonds is 2. The van der Waals surface area contributed by atoms with Gasteiger partial charge in [-0.15, -0.1) is 0 Å². The Morgan fingerprint density at radius 1 is 1.29 bits per heavy atom. The van der Waals surface area contributed by atoms with E-state index in [1.54, 1.807) is 12.3 Å². The van der Waals surface area contributed by atoms with Crippen LogP contribution in [0, 0.1) is 16.8 Å². The normalized spacial score (nSPS) is 15.6. The second kappa shape index (κ2) is 4.69. The van der Waals surface area contributed by atoms with Crippen molar-refractivity contribution in [3.05, 3.63) is 64.1 Å². The van der Waals surface area contributed by atoms with Crippen LogP contribution < -0.4 is 10.0 Å². The van der Waals surface area contributed by atoms with Gasteiger partial charge in [0.25, 0.3) is 0 Å². The number of fused-ring (bicyclic) bond motifs is 1. The second-order valence-corrected chi connectivity index (χ2v) is 6.07. The van der Waals surface area contributed by atoms with Crippen molar-refractivity contribution in [2.75, 3.05) is 11.9 Å². The largest absolute Gasteiger partial charge is 0.618 e. The SMILES string of the molecule is CC1(C)CNc2cc(Cc3ccc(F)cc3F)[n+]([O-])cc21.